The minimum absolute atomic E-state index is 0.0422. The summed E-state index contributed by atoms with van der Waals surface area (Å²) in [6, 6.07) is 17.2. The molecule has 1 N–H and O–H groups in total. The van der Waals surface area contributed by atoms with E-state index in [-0.39, 0.29) is 37.8 Å². The van der Waals surface area contributed by atoms with E-state index in [1.165, 1.54) is 30.3 Å². The molecule has 3 aromatic carbocycles. The fourth-order valence-electron chi connectivity index (χ4n) is 3.26. The number of nitro benzene ring substituents is 1. The predicted molar refractivity (Wildman–Crippen MR) is 147 cm³/mol. The number of benzene rings is 3. The Morgan fingerprint density at radius 2 is 1.83 bits per heavy atom. The van der Waals surface area contributed by atoms with Crippen molar-refractivity contribution in [3.05, 3.63) is 104 Å². The molecule has 1 heterocycles. The zero-order valence-corrected chi connectivity index (χ0v) is 22.8. The van der Waals surface area contributed by atoms with Crippen LogP contribution in [0.5, 0.6) is 5.75 Å². The highest BCUT2D eigenvalue weighted by Crippen LogP contribution is 2.35. The summed E-state index contributed by atoms with van der Waals surface area (Å²) in [4.78, 5) is 31.0. The Hall–Kier alpha value is -4.20. The second kappa shape index (κ2) is 13.0. The van der Waals surface area contributed by atoms with Crippen molar-refractivity contribution in [3.8, 4) is 17.0 Å². The average molecular weight is 622 g/mol. The van der Waals surface area contributed by atoms with Gasteiger partial charge in [0.1, 0.15) is 11.4 Å². The smallest absolute Gasteiger partial charge is 0.433 e. The average Bonchev–Trinajstić information content (AvgIpc) is 2.93. The number of nitrogens with one attached hydrogen (secondary N) is 1. The molecule has 210 valence electrons. The van der Waals surface area contributed by atoms with E-state index in [0.29, 0.717) is 10.6 Å². The van der Waals surface area contributed by atoms with Crippen LogP contribution in [0.2, 0.25) is 10.0 Å². The van der Waals surface area contributed by atoms with Crippen LogP contribution in [0.3, 0.4) is 0 Å². The van der Waals surface area contributed by atoms with E-state index in [2.05, 4.69) is 20.5 Å². The Bertz CT molecular complexity index is 1620. The number of carbonyl (C=O) groups is 1. The molecule has 0 radical (unpaired) electrons. The Kier molecular flexibility index (Phi) is 9.42. The summed E-state index contributed by atoms with van der Waals surface area (Å²) < 4.78 is 46.2. The summed E-state index contributed by atoms with van der Waals surface area (Å²) >= 11 is 12.6. The third-order valence-electron chi connectivity index (χ3n) is 5.12. The van der Waals surface area contributed by atoms with Crippen LogP contribution in [0.4, 0.5) is 18.9 Å². The summed E-state index contributed by atoms with van der Waals surface area (Å²) in [5, 5.41) is 15.5. The van der Waals surface area contributed by atoms with Gasteiger partial charge in [-0.1, -0.05) is 53.5 Å². The van der Waals surface area contributed by atoms with Gasteiger partial charge in [0.25, 0.3) is 11.6 Å². The summed E-state index contributed by atoms with van der Waals surface area (Å²) in [6.07, 6.45) is -3.64. The standard InChI is InChI=1S/C26H16Cl2F3N5O4S/c27-17-6-8-21(19(28)11-17)40-14-24(37)35-32-13-16-10-18(36(38)39)7-9-22(16)41-25-33-20(15-4-2-1-3-5-15)12-23(34-25)26(29,30)31/h1-13H,14H2,(H,35,37)/b32-13+. The van der Waals surface area contributed by atoms with E-state index in [9.17, 15) is 28.1 Å². The van der Waals surface area contributed by atoms with Gasteiger partial charge in [0, 0.05) is 33.2 Å². The maximum atomic E-state index is 13.6. The number of nitrogens with zero attached hydrogens (tertiary/aromatic N) is 4. The maximum Gasteiger partial charge on any atom is 0.433 e. The van der Waals surface area contributed by atoms with Gasteiger partial charge in [-0.2, -0.15) is 18.3 Å². The van der Waals surface area contributed by atoms with Crippen molar-refractivity contribution >= 4 is 52.8 Å². The number of nitro groups is 1. The molecule has 0 unspecified atom stereocenters. The number of rotatable bonds is 9. The molecule has 0 saturated carbocycles. The monoisotopic (exact) mass is 621 g/mol. The number of hydrogen-bond acceptors (Lipinski definition) is 8. The fourth-order valence-corrected chi connectivity index (χ4v) is 4.57. The summed E-state index contributed by atoms with van der Waals surface area (Å²) in [7, 11) is 0. The topological polar surface area (TPSA) is 120 Å². The number of amides is 1. The Balaban J connectivity index is 1.57. The first-order chi connectivity index (χ1) is 19.5. The third-order valence-corrected chi connectivity index (χ3v) is 6.60. The Morgan fingerprint density at radius 3 is 2.51 bits per heavy atom. The van der Waals surface area contributed by atoms with E-state index >= 15 is 0 Å². The van der Waals surface area contributed by atoms with Crippen molar-refractivity contribution in [3.63, 3.8) is 0 Å². The molecule has 0 atom stereocenters. The minimum Gasteiger partial charge on any atom is -0.482 e. The highest BCUT2D eigenvalue weighted by Gasteiger charge is 2.34. The van der Waals surface area contributed by atoms with Crippen molar-refractivity contribution in [2.75, 3.05) is 6.61 Å². The van der Waals surface area contributed by atoms with E-state index in [0.717, 1.165) is 30.1 Å². The van der Waals surface area contributed by atoms with Crippen LogP contribution in [0, 0.1) is 10.1 Å². The molecule has 1 amide bonds. The lowest BCUT2D eigenvalue weighted by Crippen LogP contribution is -2.24. The van der Waals surface area contributed by atoms with Gasteiger partial charge in [-0.15, -0.1) is 0 Å². The molecular formula is C26H16Cl2F3N5O4S. The molecule has 4 aromatic rings. The molecule has 0 aliphatic rings. The van der Waals surface area contributed by atoms with Crippen molar-refractivity contribution < 1.29 is 27.6 Å². The summed E-state index contributed by atoms with van der Waals surface area (Å²) in [5.41, 5.74) is 1.35. The molecular weight excluding hydrogens is 606 g/mol. The molecule has 0 aliphatic carbocycles. The zero-order chi connectivity index (χ0) is 29.6. The SMILES string of the molecule is O=C(COc1ccc(Cl)cc1Cl)N/N=C/c1cc([N+](=O)[O-])ccc1Sc1nc(-c2ccccc2)cc(C(F)(F)F)n1. The quantitative estimate of drug-likeness (QED) is 0.0919. The van der Waals surface area contributed by atoms with Crippen LogP contribution >= 0.6 is 35.0 Å². The number of ether oxygens (including phenoxy) is 1. The second-order valence-corrected chi connectivity index (χ2v) is 9.88. The van der Waals surface area contributed by atoms with Gasteiger partial charge < -0.3 is 4.74 Å². The molecule has 15 heteroatoms. The second-order valence-electron chi connectivity index (χ2n) is 8.02. The molecule has 4 rings (SSSR count). The molecule has 0 fully saturated rings. The van der Waals surface area contributed by atoms with Gasteiger partial charge in [-0.25, -0.2) is 15.4 Å². The molecule has 0 bridgehead atoms. The Morgan fingerprint density at radius 1 is 1.07 bits per heavy atom. The first kappa shape index (κ1) is 29.8. The third kappa shape index (κ3) is 8.16. The summed E-state index contributed by atoms with van der Waals surface area (Å²) in [6.45, 7) is -0.463. The highest BCUT2D eigenvalue weighted by atomic mass is 35.5. The van der Waals surface area contributed by atoms with E-state index in [1.54, 1.807) is 30.3 Å². The lowest BCUT2D eigenvalue weighted by Gasteiger charge is -2.11. The van der Waals surface area contributed by atoms with Crippen LogP contribution in [-0.2, 0) is 11.0 Å². The first-order valence-electron chi connectivity index (χ1n) is 11.4. The van der Waals surface area contributed by atoms with Crippen LogP contribution in [0.15, 0.2) is 87.9 Å². The number of aromatic nitrogens is 2. The number of alkyl halides is 3. The normalized spacial score (nSPS) is 11.4. The highest BCUT2D eigenvalue weighted by molar-refractivity contribution is 7.99. The number of hydrazone groups is 1. The lowest BCUT2D eigenvalue weighted by atomic mass is 10.1. The van der Waals surface area contributed by atoms with E-state index < -0.39 is 29.3 Å². The van der Waals surface area contributed by atoms with Crippen molar-refractivity contribution in [2.24, 2.45) is 5.10 Å². The largest absolute Gasteiger partial charge is 0.482 e. The van der Waals surface area contributed by atoms with Crippen molar-refractivity contribution in [2.45, 2.75) is 16.2 Å². The number of halogens is 5. The van der Waals surface area contributed by atoms with Crippen molar-refractivity contribution in [1.82, 2.24) is 15.4 Å². The van der Waals surface area contributed by atoms with Crippen molar-refractivity contribution in [1.29, 1.82) is 0 Å². The zero-order valence-electron chi connectivity index (χ0n) is 20.4. The predicted octanol–water partition coefficient (Wildman–Crippen LogP) is 7.06. The Labute approximate surface area is 244 Å². The van der Waals surface area contributed by atoms with Gasteiger partial charge >= 0.3 is 6.18 Å². The molecule has 41 heavy (non-hydrogen) atoms. The molecule has 0 aliphatic heterocycles. The van der Waals surface area contributed by atoms with Gasteiger partial charge in [0.2, 0.25) is 0 Å². The van der Waals surface area contributed by atoms with E-state index in [4.69, 9.17) is 27.9 Å². The minimum atomic E-state index is -4.75. The molecule has 9 nitrogen and oxygen atoms in total. The van der Waals surface area contributed by atoms with Crippen LogP contribution in [0.25, 0.3) is 11.3 Å². The number of carbonyl (C=O) groups excluding carboxylic acids is 1. The van der Waals surface area contributed by atoms with Crippen LogP contribution in [-0.4, -0.2) is 33.6 Å². The number of hydrogen-bond donors (Lipinski definition) is 1. The van der Waals surface area contributed by atoms with E-state index in [1.807, 2.05) is 0 Å². The van der Waals surface area contributed by atoms with Gasteiger partial charge in [-0.3, -0.25) is 14.9 Å². The van der Waals surface area contributed by atoms with Crippen LogP contribution in [0.1, 0.15) is 11.3 Å². The summed E-state index contributed by atoms with van der Waals surface area (Å²) in [5.74, 6) is -0.468. The molecule has 1 aromatic heterocycles. The fraction of sp³-hybridized carbons (Fsp3) is 0.0769. The number of non-ortho nitro benzene ring substituents is 1. The molecule has 0 spiro atoms. The van der Waals surface area contributed by atoms with Gasteiger partial charge in [0.15, 0.2) is 11.8 Å². The maximum absolute atomic E-state index is 13.6. The van der Waals surface area contributed by atoms with Gasteiger partial charge in [0.05, 0.1) is 21.9 Å². The lowest BCUT2D eigenvalue weighted by molar-refractivity contribution is -0.384. The van der Waals surface area contributed by atoms with Crippen LogP contribution < -0.4 is 10.2 Å². The molecule has 0 saturated heterocycles. The first-order valence-corrected chi connectivity index (χ1v) is 12.9. The van der Waals surface area contributed by atoms with Gasteiger partial charge in [-0.05, 0) is 42.1 Å².